The maximum Gasteiger partial charge on any atom is 0.240 e. The summed E-state index contributed by atoms with van der Waals surface area (Å²) in [6, 6.07) is 7.36. The van der Waals surface area contributed by atoms with E-state index in [4.69, 9.17) is 9.47 Å². The summed E-state index contributed by atoms with van der Waals surface area (Å²) in [6.07, 6.45) is -0.118. The molecule has 1 heterocycles. The maximum atomic E-state index is 12.4. The van der Waals surface area contributed by atoms with Crippen LogP contribution in [-0.2, 0) is 9.53 Å². The molecule has 1 aliphatic heterocycles. The third kappa shape index (κ3) is 3.95. The molecule has 0 aromatic heterocycles. The first-order chi connectivity index (χ1) is 10.1. The lowest BCUT2D eigenvalue weighted by atomic mass is 10.1. The Balaban J connectivity index is 2.03. The molecule has 1 aliphatic rings. The highest BCUT2D eigenvalue weighted by atomic mass is 16.5. The Kier molecular flexibility index (Phi) is 5.59. The van der Waals surface area contributed by atoms with Crippen molar-refractivity contribution in [3.63, 3.8) is 0 Å². The summed E-state index contributed by atoms with van der Waals surface area (Å²) in [5.41, 5.74) is 0.983. The monoisotopic (exact) mass is 292 g/mol. The average molecular weight is 292 g/mol. The number of amides is 1. The smallest absolute Gasteiger partial charge is 0.240 e. The van der Waals surface area contributed by atoms with Crippen molar-refractivity contribution < 1.29 is 14.3 Å². The summed E-state index contributed by atoms with van der Waals surface area (Å²) >= 11 is 0. The molecule has 0 spiro atoms. The van der Waals surface area contributed by atoms with Crippen LogP contribution in [0.3, 0.4) is 0 Å². The van der Waals surface area contributed by atoms with Crippen LogP contribution in [0.2, 0.25) is 0 Å². The minimum absolute atomic E-state index is 0.0407. The molecule has 2 N–H and O–H groups in total. The lowest BCUT2D eigenvalue weighted by Crippen LogP contribution is -2.55. The van der Waals surface area contributed by atoms with Crippen molar-refractivity contribution in [2.24, 2.45) is 0 Å². The zero-order valence-corrected chi connectivity index (χ0v) is 12.9. The predicted octanol–water partition coefficient (Wildman–Crippen LogP) is 1.64. The summed E-state index contributed by atoms with van der Waals surface area (Å²) in [6.45, 7) is 7.77. The molecule has 0 aliphatic carbocycles. The van der Waals surface area contributed by atoms with Gasteiger partial charge < -0.3 is 20.1 Å². The van der Waals surface area contributed by atoms with Crippen LogP contribution in [0, 0.1) is 0 Å². The molecular formula is C16H24N2O3. The molecule has 1 aromatic carbocycles. The number of hydrogen-bond acceptors (Lipinski definition) is 4. The third-order valence-corrected chi connectivity index (χ3v) is 3.64. The molecule has 2 rings (SSSR count). The fourth-order valence-electron chi connectivity index (χ4n) is 2.53. The molecule has 116 valence electrons. The van der Waals surface area contributed by atoms with Gasteiger partial charge in [0.25, 0.3) is 0 Å². The molecule has 1 saturated heterocycles. The van der Waals surface area contributed by atoms with Crippen LogP contribution < -0.4 is 15.4 Å². The number of carbonyl (C=O) groups excluding carboxylic acids is 1. The van der Waals surface area contributed by atoms with E-state index in [0.29, 0.717) is 19.8 Å². The van der Waals surface area contributed by atoms with Crippen molar-refractivity contribution in [2.75, 3.05) is 19.8 Å². The topological polar surface area (TPSA) is 59.6 Å². The van der Waals surface area contributed by atoms with Crippen molar-refractivity contribution in [3.8, 4) is 5.75 Å². The molecule has 1 unspecified atom stereocenters. The van der Waals surface area contributed by atoms with E-state index in [1.807, 2.05) is 45.0 Å². The van der Waals surface area contributed by atoms with Crippen LogP contribution in [-0.4, -0.2) is 37.8 Å². The second-order valence-corrected chi connectivity index (χ2v) is 5.21. The Labute approximate surface area is 126 Å². The highest BCUT2D eigenvalue weighted by Crippen LogP contribution is 2.25. The van der Waals surface area contributed by atoms with Crippen molar-refractivity contribution >= 4 is 5.91 Å². The van der Waals surface area contributed by atoms with Crippen LogP contribution in [0.4, 0.5) is 0 Å². The number of hydrogen-bond donors (Lipinski definition) is 2. The third-order valence-electron chi connectivity index (χ3n) is 3.64. The fraction of sp³-hybridized carbons (Fsp3) is 0.562. The standard InChI is InChI=1S/C16H24N2O3/c1-4-20-14-8-6-5-7-13(14)11(2)18-16(19)15-12(3)21-10-9-17-15/h5-8,11-12,15,17H,4,9-10H2,1-3H3,(H,18,19)/t11?,12-,15+/m1/s1. The van der Waals surface area contributed by atoms with Crippen LogP contribution in [0.25, 0.3) is 0 Å². The highest BCUT2D eigenvalue weighted by molar-refractivity contribution is 5.83. The molecule has 0 saturated carbocycles. The minimum atomic E-state index is -0.305. The van der Waals surface area contributed by atoms with Gasteiger partial charge in [0, 0.05) is 12.1 Å². The van der Waals surface area contributed by atoms with E-state index in [1.165, 1.54) is 0 Å². The van der Waals surface area contributed by atoms with Crippen LogP contribution in [0.15, 0.2) is 24.3 Å². The zero-order chi connectivity index (χ0) is 15.2. The van der Waals surface area contributed by atoms with Gasteiger partial charge in [-0.1, -0.05) is 18.2 Å². The molecule has 1 fully saturated rings. The first kappa shape index (κ1) is 15.8. The molecule has 1 aromatic rings. The summed E-state index contributed by atoms with van der Waals surface area (Å²) in [7, 11) is 0. The normalized spacial score (nSPS) is 23.4. The Morgan fingerprint density at radius 1 is 1.52 bits per heavy atom. The van der Waals surface area contributed by atoms with Gasteiger partial charge in [-0.2, -0.15) is 0 Å². The number of para-hydroxylation sites is 1. The highest BCUT2D eigenvalue weighted by Gasteiger charge is 2.29. The van der Waals surface area contributed by atoms with Gasteiger partial charge in [-0.05, 0) is 26.8 Å². The zero-order valence-electron chi connectivity index (χ0n) is 12.9. The van der Waals surface area contributed by atoms with Crippen LogP contribution in [0.5, 0.6) is 5.75 Å². The number of morpholine rings is 1. The van der Waals surface area contributed by atoms with Crippen molar-refractivity contribution in [1.82, 2.24) is 10.6 Å². The first-order valence-corrected chi connectivity index (χ1v) is 7.50. The molecule has 0 bridgehead atoms. The largest absolute Gasteiger partial charge is 0.494 e. The van der Waals surface area contributed by atoms with Gasteiger partial charge in [-0.15, -0.1) is 0 Å². The number of rotatable bonds is 5. The van der Waals surface area contributed by atoms with Gasteiger partial charge in [0.05, 0.1) is 25.4 Å². The quantitative estimate of drug-likeness (QED) is 0.866. The van der Waals surface area contributed by atoms with Gasteiger partial charge in [-0.3, -0.25) is 4.79 Å². The van der Waals surface area contributed by atoms with Gasteiger partial charge in [0.15, 0.2) is 0 Å². The lowest BCUT2D eigenvalue weighted by Gasteiger charge is -2.30. The molecule has 3 atom stereocenters. The van der Waals surface area contributed by atoms with Crippen molar-refractivity contribution in [2.45, 2.75) is 39.0 Å². The number of nitrogens with one attached hydrogen (secondary N) is 2. The number of benzene rings is 1. The minimum Gasteiger partial charge on any atom is -0.494 e. The van der Waals surface area contributed by atoms with E-state index in [2.05, 4.69) is 10.6 Å². The predicted molar refractivity (Wildman–Crippen MR) is 81.4 cm³/mol. The van der Waals surface area contributed by atoms with Crippen molar-refractivity contribution in [1.29, 1.82) is 0 Å². The average Bonchev–Trinajstić information content (AvgIpc) is 2.48. The molecule has 5 nitrogen and oxygen atoms in total. The van der Waals surface area contributed by atoms with E-state index in [9.17, 15) is 4.79 Å². The lowest BCUT2D eigenvalue weighted by molar-refractivity contribution is -0.129. The van der Waals surface area contributed by atoms with Crippen LogP contribution in [0.1, 0.15) is 32.4 Å². The van der Waals surface area contributed by atoms with E-state index < -0.39 is 0 Å². The van der Waals surface area contributed by atoms with Crippen molar-refractivity contribution in [3.05, 3.63) is 29.8 Å². The van der Waals surface area contributed by atoms with E-state index in [0.717, 1.165) is 11.3 Å². The molecule has 21 heavy (non-hydrogen) atoms. The Bertz CT molecular complexity index is 478. The Morgan fingerprint density at radius 3 is 3.00 bits per heavy atom. The van der Waals surface area contributed by atoms with E-state index >= 15 is 0 Å². The second-order valence-electron chi connectivity index (χ2n) is 5.21. The summed E-state index contributed by atoms with van der Waals surface area (Å²) in [5, 5.41) is 6.23. The van der Waals surface area contributed by atoms with Gasteiger partial charge >= 0.3 is 0 Å². The molecule has 0 radical (unpaired) electrons. The Morgan fingerprint density at radius 2 is 2.29 bits per heavy atom. The maximum absolute atomic E-state index is 12.4. The van der Waals surface area contributed by atoms with Crippen LogP contribution >= 0.6 is 0 Å². The van der Waals surface area contributed by atoms with Gasteiger partial charge in [-0.25, -0.2) is 0 Å². The molecule has 5 heteroatoms. The summed E-state index contributed by atoms with van der Waals surface area (Å²) in [5.74, 6) is 0.773. The van der Waals surface area contributed by atoms with E-state index in [-0.39, 0.29) is 24.1 Å². The molecule has 1 amide bonds. The number of ether oxygens (including phenoxy) is 2. The van der Waals surface area contributed by atoms with Gasteiger partial charge in [0.2, 0.25) is 5.91 Å². The molecular weight excluding hydrogens is 268 g/mol. The van der Waals surface area contributed by atoms with Gasteiger partial charge in [0.1, 0.15) is 11.8 Å². The first-order valence-electron chi connectivity index (χ1n) is 7.50. The summed E-state index contributed by atoms with van der Waals surface area (Å²) < 4.78 is 11.1. The number of carbonyl (C=O) groups is 1. The Hall–Kier alpha value is -1.59. The second kappa shape index (κ2) is 7.43. The summed E-state index contributed by atoms with van der Waals surface area (Å²) in [4.78, 5) is 12.4. The van der Waals surface area contributed by atoms with E-state index in [1.54, 1.807) is 0 Å². The SMILES string of the molecule is CCOc1ccccc1C(C)NC(=O)[C@H]1NCCO[C@@H]1C. The fourth-order valence-corrected chi connectivity index (χ4v) is 2.53.